The number of hydrogen-bond acceptors (Lipinski definition) is 3. The molecule has 0 spiro atoms. The fraction of sp³-hybridized carbons (Fsp3) is 0.188. The Morgan fingerprint density at radius 3 is 2.46 bits per heavy atom. The first kappa shape index (κ1) is 16.9. The van der Waals surface area contributed by atoms with Gasteiger partial charge in [0.25, 0.3) is 5.91 Å². The average molecular weight is 453 g/mol. The van der Waals surface area contributed by atoms with Crippen LogP contribution >= 0.6 is 31.9 Å². The maximum absolute atomic E-state index is 12.3. The molecule has 0 atom stereocenters. The molecule has 2 aromatic heterocycles. The second-order valence-corrected chi connectivity index (χ2v) is 7.07. The maximum atomic E-state index is 12.3. The van der Waals surface area contributed by atoms with E-state index >= 15 is 0 Å². The van der Waals surface area contributed by atoms with Gasteiger partial charge in [-0.1, -0.05) is 12.1 Å². The van der Waals surface area contributed by atoms with Crippen molar-refractivity contribution in [1.29, 1.82) is 0 Å². The topological polar surface area (TPSA) is 64.7 Å². The Bertz CT molecular complexity index is 842. The molecule has 0 aliphatic carbocycles. The first-order valence-corrected chi connectivity index (χ1v) is 8.92. The monoisotopic (exact) mass is 451 g/mol. The van der Waals surface area contributed by atoms with Crippen molar-refractivity contribution in [3.63, 3.8) is 0 Å². The van der Waals surface area contributed by atoms with E-state index in [0.717, 1.165) is 14.5 Å². The second kappa shape index (κ2) is 7.76. The molecule has 1 aromatic carbocycles. The van der Waals surface area contributed by atoms with E-state index in [1.807, 2.05) is 41.3 Å². The van der Waals surface area contributed by atoms with Crippen molar-refractivity contribution in [2.24, 2.45) is 0 Å². The Morgan fingerprint density at radius 1 is 1.08 bits per heavy atom. The van der Waals surface area contributed by atoms with Gasteiger partial charge in [0.15, 0.2) is 0 Å². The molecule has 0 saturated heterocycles. The molecule has 0 radical (unpaired) electrons. The molecule has 8 heteroatoms. The smallest absolute Gasteiger partial charge is 0.251 e. The van der Waals surface area contributed by atoms with Gasteiger partial charge in [-0.05, 0) is 49.6 Å². The summed E-state index contributed by atoms with van der Waals surface area (Å²) in [4.78, 5) is 12.3. The SMILES string of the molecule is O=C(NCCn1cc(Br)cn1)c1cccc(Cn2cc(Br)cn2)c1. The van der Waals surface area contributed by atoms with Gasteiger partial charge in [0.2, 0.25) is 0 Å². The van der Waals surface area contributed by atoms with Gasteiger partial charge in [-0.25, -0.2) is 0 Å². The van der Waals surface area contributed by atoms with Crippen molar-refractivity contribution in [2.45, 2.75) is 13.1 Å². The van der Waals surface area contributed by atoms with Crippen molar-refractivity contribution in [1.82, 2.24) is 24.9 Å². The largest absolute Gasteiger partial charge is 0.350 e. The van der Waals surface area contributed by atoms with Gasteiger partial charge in [-0.3, -0.25) is 14.2 Å². The van der Waals surface area contributed by atoms with Crippen LogP contribution in [-0.4, -0.2) is 32.0 Å². The molecular formula is C16H15Br2N5O. The highest BCUT2D eigenvalue weighted by Gasteiger charge is 2.07. The molecule has 0 saturated carbocycles. The molecule has 1 N–H and O–H groups in total. The molecule has 0 aliphatic heterocycles. The highest BCUT2D eigenvalue weighted by Crippen LogP contribution is 2.11. The fourth-order valence-electron chi connectivity index (χ4n) is 2.27. The number of carbonyl (C=O) groups excluding carboxylic acids is 1. The summed E-state index contributed by atoms with van der Waals surface area (Å²) in [6, 6.07) is 7.55. The van der Waals surface area contributed by atoms with E-state index in [1.165, 1.54) is 0 Å². The predicted octanol–water partition coefficient (Wildman–Crippen LogP) is 3.08. The molecule has 24 heavy (non-hydrogen) atoms. The van der Waals surface area contributed by atoms with E-state index in [0.29, 0.717) is 25.2 Å². The van der Waals surface area contributed by atoms with Crippen LogP contribution in [0.4, 0.5) is 0 Å². The number of rotatable bonds is 6. The highest BCUT2D eigenvalue weighted by molar-refractivity contribution is 9.10. The summed E-state index contributed by atoms with van der Waals surface area (Å²) in [7, 11) is 0. The number of nitrogens with zero attached hydrogens (tertiary/aromatic N) is 4. The Morgan fingerprint density at radius 2 is 1.79 bits per heavy atom. The van der Waals surface area contributed by atoms with Gasteiger partial charge in [0.1, 0.15) is 0 Å². The van der Waals surface area contributed by atoms with E-state index in [1.54, 1.807) is 17.1 Å². The van der Waals surface area contributed by atoms with Crippen LogP contribution in [0.3, 0.4) is 0 Å². The number of halogens is 2. The second-order valence-electron chi connectivity index (χ2n) is 5.23. The minimum Gasteiger partial charge on any atom is -0.350 e. The van der Waals surface area contributed by atoms with Gasteiger partial charge in [0, 0.05) is 24.5 Å². The van der Waals surface area contributed by atoms with Crippen molar-refractivity contribution in [2.75, 3.05) is 6.54 Å². The third kappa shape index (κ3) is 4.55. The van der Waals surface area contributed by atoms with Gasteiger partial charge in [-0.2, -0.15) is 10.2 Å². The lowest BCUT2D eigenvalue weighted by atomic mass is 10.1. The Hall–Kier alpha value is -1.93. The quantitative estimate of drug-likeness (QED) is 0.625. The third-order valence-corrected chi connectivity index (χ3v) is 4.18. The zero-order valence-electron chi connectivity index (χ0n) is 12.7. The van der Waals surface area contributed by atoms with Crippen molar-refractivity contribution >= 4 is 37.8 Å². The summed E-state index contributed by atoms with van der Waals surface area (Å²) < 4.78 is 5.45. The summed E-state index contributed by atoms with van der Waals surface area (Å²) in [6.07, 6.45) is 7.23. The Labute approximate surface area is 156 Å². The first-order chi connectivity index (χ1) is 11.6. The fourth-order valence-corrected chi connectivity index (χ4v) is 2.93. The van der Waals surface area contributed by atoms with E-state index < -0.39 is 0 Å². The van der Waals surface area contributed by atoms with Gasteiger partial charge >= 0.3 is 0 Å². The summed E-state index contributed by atoms with van der Waals surface area (Å²) in [5, 5.41) is 11.3. The number of amides is 1. The van der Waals surface area contributed by atoms with E-state index in [4.69, 9.17) is 0 Å². The van der Waals surface area contributed by atoms with E-state index in [-0.39, 0.29) is 5.91 Å². The minimum absolute atomic E-state index is 0.0929. The maximum Gasteiger partial charge on any atom is 0.251 e. The van der Waals surface area contributed by atoms with Gasteiger partial charge < -0.3 is 5.32 Å². The number of benzene rings is 1. The molecular weight excluding hydrogens is 438 g/mol. The standard InChI is InChI=1S/C16H15Br2N5O/c17-14-7-20-22(10-14)5-4-19-16(24)13-3-1-2-12(6-13)9-23-11-15(18)8-21-23/h1-3,6-8,10-11H,4-5,9H2,(H,19,24). The molecule has 3 rings (SSSR count). The van der Waals surface area contributed by atoms with Gasteiger partial charge in [0.05, 0.1) is 34.4 Å². The summed E-state index contributed by atoms with van der Waals surface area (Å²) in [5.41, 5.74) is 1.66. The summed E-state index contributed by atoms with van der Waals surface area (Å²) >= 11 is 6.72. The Balaban J connectivity index is 1.57. The van der Waals surface area contributed by atoms with Crippen molar-refractivity contribution < 1.29 is 4.79 Å². The lowest BCUT2D eigenvalue weighted by Gasteiger charge is -2.07. The van der Waals surface area contributed by atoms with E-state index in [9.17, 15) is 4.79 Å². The van der Waals surface area contributed by atoms with Crippen LogP contribution in [0.15, 0.2) is 58.0 Å². The summed E-state index contributed by atoms with van der Waals surface area (Å²) in [6.45, 7) is 1.76. The highest BCUT2D eigenvalue weighted by atomic mass is 79.9. The van der Waals surface area contributed by atoms with Crippen LogP contribution in [-0.2, 0) is 13.1 Å². The van der Waals surface area contributed by atoms with Crippen molar-refractivity contribution in [3.8, 4) is 0 Å². The van der Waals surface area contributed by atoms with Crippen LogP contribution in [0.25, 0.3) is 0 Å². The molecule has 6 nitrogen and oxygen atoms in total. The molecule has 0 aliphatic rings. The third-order valence-electron chi connectivity index (χ3n) is 3.36. The summed E-state index contributed by atoms with van der Waals surface area (Å²) in [5.74, 6) is -0.0929. The molecule has 1 amide bonds. The number of aromatic nitrogens is 4. The van der Waals surface area contributed by atoms with Crippen LogP contribution in [0.2, 0.25) is 0 Å². The Kier molecular flexibility index (Phi) is 5.47. The predicted molar refractivity (Wildman–Crippen MR) is 97.7 cm³/mol. The molecule has 0 bridgehead atoms. The lowest BCUT2D eigenvalue weighted by molar-refractivity contribution is 0.0952. The number of hydrogen-bond donors (Lipinski definition) is 1. The zero-order chi connectivity index (χ0) is 16.9. The number of carbonyl (C=O) groups is 1. The minimum atomic E-state index is -0.0929. The van der Waals surface area contributed by atoms with E-state index in [2.05, 4.69) is 47.4 Å². The average Bonchev–Trinajstić information content (AvgIpc) is 3.16. The lowest BCUT2D eigenvalue weighted by Crippen LogP contribution is -2.27. The van der Waals surface area contributed by atoms with Crippen LogP contribution in [0.5, 0.6) is 0 Å². The molecule has 3 aromatic rings. The molecule has 2 heterocycles. The van der Waals surface area contributed by atoms with Gasteiger partial charge in [-0.15, -0.1) is 0 Å². The first-order valence-electron chi connectivity index (χ1n) is 7.33. The van der Waals surface area contributed by atoms with Crippen LogP contribution < -0.4 is 5.32 Å². The molecule has 0 unspecified atom stereocenters. The normalized spacial score (nSPS) is 10.8. The van der Waals surface area contributed by atoms with Crippen LogP contribution in [0.1, 0.15) is 15.9 Å². The number of nitrogens with one attached hydrogen (secondary N) is 1. The van der Waals surface area contributed by atoms with Crippen molar-refractivity contribution in [3.05, 3.63) is 69.1 Å². The van der Waals surface area contributed by atoms with Crippen LogP contribution in [0, 0.1) is 0 Å². The molecule has 0 fully saturated rings. The zero-order valence-corrected chi connectivity index (χ0v) is 15.9. The molecule has 124 valence electrons.